The normalized spacial score (nSPS) is 10.3. The monoisotopic (exact) mass is 302 g/mol. The molecule has 114 valence electrons. The minimum absolute atomic E-state index is 0.497. The van der Waals surface area contributed by atoms with Crippen molar-refractivity contribution in [1.82, 2.24) is 0 Å². The first-order valence-corrected chi connectivity index (χ1v) is 7.64. The maximum Gasteiger partial charge on any atom is 0.150 e. The van der Waals surface area contributed by atoms with Crippen LogP contribution < -0.4 is 4.74 Å². The summed E-state index contributed by atoms with van der Waals surface area (Å²) in [5.41, 5.74) is 3.99. The van der Waals surface area contributed by atoms with E-state index in [0.717, 1.165) is 23.8 Å². The molecule has 0 fully saturated rings. The molecular weight excluding hydrogens is 284 g/mol. The number of benzene rings is 3. The number of carbonyl (C=O) groups is 1. The summed E-state index contributed by atoms with van der Waals surface area (Å²) in [6, 6.07) is 25.8. The molecule has 0 unspecified atom stereocenters. The van der Waals surface area contributed by atoms with E-state index >= 15 is 0 Å². The van der Waals surface area contributed by atoms with E-state index in [1.54, 1.807) is 0 Å². The van der Waals surface area contributed by atoms with Crippen molar-refractivity contribution in [3.8, 4) is 5.75 Å². The molecule has 0 bridgehead atoms. The molecule has 3 aromatic rings. The van der Waals surface area contributed by atoms with Crippen LogP contribution in [-0.2, 0) is 13.0 Å². The maximum absolute atomic E-state index is 11.4. The molecular formula is C21H18O2. The van der Waals surface area contributed by atoms with Gasteiger partial charge >= 0.3 is 0 Å². The molecule has 2 heteroatoms. The molecule has 0 atom stereocenters. The van der Waals surface area contributed by atoms with Crippen LogP contribution in [0.25, 0.3) is 0 Å². The van der Waals surface area contributed by atoms with Crippen molar-refractivity contribution in [3.63, 3.8) is 0 Å². The number of hydrogen-bond acceptors (Lipinski definition) is 2. The van der Waals surface area contributed by atoms with Gasteiger partial charge in [-0.3, -0.25) is 4.79 Å². The second-order valence-corrected chi connectivity index (χ2v) is 5.42. The average molecular weight is 302 g/mol. The molecule has 0 aliphatic rings. The number of ether oxygens (including phenoxy) is 1. The number of carbonyl (C=O) groups excluding carboxylic acids is 1. The van der Waals surface area contributed by atoms with Gasteiger partial charge in [0.25, 0.3) is 0 Å². The van der Waals surface area contributed by atoms with E-state index in [9.17, 15) is 4.79 Å². The van der Waals surface area contributed by atoms with Crippen LogP contribution in [-0.4, -0.2) is 6.29 Å². The Balaban J connectivity index is 1.73. The molecule has 0 N–H and O–H groups in total. The summed E-state index contributed by atoms with van der Waals surface area (Å²) in [7, 11) is 0. The van der Waals surface area contributed by atoms with E-state index in [1.165, 1.54) is 5.56 Å². The summed E-state index contributed by atoms with van der Waals surface area (Å²) in [5, 5.41) is 0. The molecule has 0 amide bonds. The number of aldehydes is 1. The minimum Gasteiger partial charge on any atom is -0.489 e. The Labute approximate surface area is 136 Å². The van der Waals surface area contributed by atoms with Crippen molar-refractivity contribution in [1.29, 1.82) is 0 Å². The highest BCUT2D eigenvalue weighted by molar-refractivity contribution is 5.78. The van der Waals surface area contributed by atoms with Crippen LogP contribution in [0, 0.1) is 0 Å². The smallest absolute Gasteiger partial charge is 0.150 e. The predicted molar refractivity (Wildman–Crippen MR) is 91.9 cm³/mol. The third kappa shape index (κ3) is 4.07. The van der Waals surface area contributed by atoms with Crippen molar-refractivity contribution in [3.05, 3.63) is 101 Å². The van der Waals surface area contributed by atoms with Crippen LogP contribution in [0.1, 0.15) is 27.0 Å². The van der Waals surface area contributed by atoms with E-state index < -0.39 is 0 Å². The first-order valence-electron chi connectivity index (χ1n) is 7.64. The minimum atomic E-state index is 0.497. The SMILES string of the molecule is O=Cc1cc(OCc2ccccc2)ccc1Cc1ccccc1. The van der Waals surface area contributed by atoms with Gasteiger partial charge in [0.05, 0.1) is 0 Å². The molecule has 0 aliphatic heterocycles. The first-order chi connectivity index (χ1) is 11.3. The van der Waals surface area contributed by atoms with Gasteiger partial charge in [-0.1, -0.05) is 66.7 Å². The van der Waals surface area contributed by atoms with Gasteiger partial charge in [0.2, 0.25) is 0 Å². The van der Waals surface area contributed by atoms with Gasteiger partial charge in [-0.2, -0.15) is 0 Å². The fourth-order valence-corrected chi connectivity index (χ4v) is 2.49. The van der Waals surface area contributed by atoms with Gasteiger partial charge in [-0.15, -0.1) is 0 Å². The van der Waals surface area contributed by atoms with Gasteiger partial charge in [-0.25, -0.2) is 0 Å². The number of rotatable bonds is 6. The summed E-state index contributed by atoms with van der Waals surface area (Å²) in [6.07, 6.45) is 1.64. The molecule has 3 rings (SSSR count). The zero-order valence-electron chi connectivity index (χ0n) is 12.8. The second-order valence-electron chi connectivity index (χ2n) is 5.42. The molecule has 0 heterocycles. The van der Waals surface area contributed by atoms with Crippen molar-refractivity contribution in [2.45, 2.75) is 13.0 Å². The van der Waals surface area contributed by atoms with Crippen molar-refractivity contribution < 1.29 is 9.53 Å². The molecule has 0 spiro atoms. The molecule has 0 aromatic heterocycles. The molecule has 0 radical (unpaired) electrons. The van der Waals surface area contributed by atoms with Crippen LogP contribution in [0.15, 0.2) is 78.9 Å². The molecule has 23 heavy (non-hydrogen) atoms. The number of hydrogen-bond donors (Lipinski definition) is 0. The van der Waals surface area contributed by atoms with Gasteiger partial charge in [0, 0.05) is 5.56 Å². The van der Waals surface area contributed by atoms with Crippen molar-refractivity contribution >= 4 is 6.29 Å². The maximum atomic E-state index is 11.4. The van der Waals surface area contributed by atoms with Crippen molar-refractivity contribution in [2.75, 3.05) is 0 Å². The highest BCUT2D eigenvalue weighted by atomic mass is 16.5. The Hall–Kier alpha value is -2.87. The van der Waals surface area contributed by atoms with Crippen LogP contribution in [0.3, 0.4) is 0 Å². The Morgan fingerprint density at radius 2 is 1.43 bits per heavy atom. The van der Waals surface area contributed by atoms with Gasteiger partial charge in [0.1, 0.15) is 18.6 Å². The summed E-state index contributed by atoms with van der Waals surface area (Å²) in [6.45, 7) is 0.497. The molecule has 0 saturated heterocycles. The highest BCUT2D eigenvalue weighted by Crippen LogP contribution is 2.20. The Kier molecular flexibility index (Phi) is 4.85. The zero-order valence-corrected chi connectivity index (χ0v) is 12.8. The van der Waals surface area contributed by atoms with Gasteiger partial charge < -0.3 is 4.74 Å². The zero-order chi connectivity index (χ0) is 15.9. The standard InChI is InChI=1S/C21H18O2/c22-15-20-14-21(23-16-18-9-5-2-6-10-18)12-11-19(20)13-17-7-3-1-4-8-17/h1-12,14-15H,13,16H2. The van der Waals surface area contributed by atoms with E-state index in [0.29, 0.717) is 17.9 Å². The molecule has 0 aliphatic carbocycles. The topological polar surface area (TPSA) is 26.3 Å². The lowest BCUT2D eigenvalue weighted by molar-refractivity contribution is 0.112. The lowest BCUT2D eigenvalue weighted by atomic mass is 10.0. The van der Waals surface area contributed by atoms with Gasteiger partial charge in [0.15, 0.2) is 0 Å². The lowest BCUT2D eigenvalue weighted by Gasteiger charge is -2.10. The Morgan fingerprint density at radius 3 is 2.09 bits per heavy atom. The highest BCUT2D eigenvalue weighted by Gasteiger charge is 2.05. The summed E-state index contributed by atoms with van der Waals surface area (Å²) in [4.78, 5) is 11.4. The molecule has 0 saturated carbocycles. The van der Waals surface area contributed by atoms with Crippen LogP contribution in [0.5, 0.6) is 5.75 Å². The van der Waals surface area contributed by atoms with Crippen LogP contribution in [0.4, 0.5) is 0 Å². The Bertz CT molecular complexity index is 764. The first kappa shape index (κ1) is 15.0. The quantitative estimate of drug-likeness (QED) is 0.619. The van der Waals surface area contributed by atoms with Crippen LogP contribution in [0.2, 0.25) is 0 Å². The molecule has 3 aromatic carbocycles. The predicted octanol–water partition coefficient (Wildman–Crippen LogP) is 4.67. The van der Waals surface area contributed by atoms with Gasteiger partial charge in [-0.05, 0) is 35.2 Å². The van der Waals surface area contributed by atoms with E-state index in [-0.39, 0.29) is 0 Å². The van der Waals surface area contributed by atoms with Crippen molar-refractivity contribution in [2.24, 2.45) is 0 Å². The third-order valence-corrected chi connectivity index (χ3v) is 3.73. The van der Waals surface area contributed by atoms with Crippen LogP contribution >= 0.6 is 0 Å². The Morgan fingerprint density at radius 1 is 0.783 bits per heavy atom. The summed E-state index contributed by atoms with van der Waals surface area (Å²) >= 11 is 0. The molecule has 2 nitrogen and oxygen atoms in total. The fourth-order valence-electron chi connectivity index (χ4n) is 2.49. The van der Waals surface area contributed by atoms with E-state index in [4.69, 9.17) is 4.74 Å². The average Bonchev–Trinajstić information content (AvgIpc) is 2.62. The second kappa shape index (κ2) is 7.41. The van der Waals surface area contributed by atoms with E-state index in [1.807, 2.05) is 66.7 Å². The largest absolute Gasteiger partial charge is 0.489 e. The third-order valence-electron chi connectivity index (χ3n) is 3.73. The summed E-state index contributed by atoms with van der Waals surface area (Å²) in [5.74, 6) is 0.716. The summed E-state index contributed by atoms with van der Waals surface area (Å²) < 4.78 is 5.78. The lowest BCUT2D eigenvalue weighted by Crippen LogP contribution is -1.99. The fraction of sp³-hybridized carbons (Fsp3) is 0.0952. The van der Waals surface area contributed by atoms with E-state index in [2.05, 4.69) is 12.1 Å².